The van der Waals surface area contributed by atoms with Crippen molar-refractivity contribution in [2.45, 2.75) is 19.9 Å². The predicted molar refractivity (Wildman–Crippen MR) is 88.6 cm³/mol. The van der Waals surface area contributed by atoms with Crippen molar-refractivity contribution in [1.29, 1.82) is 0 Å². The number of nitrogens with one attached hydrogen (secondary N) is 1. The van der Waals surface area contributed by atoms with Gasteiger partial charge in [-0.1, -0.05) is 18.2 Å². The smallest absolute Gasteiger partial charge is 0.0901 e. The summed E-state index contributed by atoms with van der Waals surface area (Å²) in [7, 11) is 0. The SMILES string of the molecule is Cc1nc(-c2ccc(NC(C)c3ccccn3)cc2)cs1. The normalized spacial score (nSPS) is 12.1. The minimum atomic E-state index is 0.179. The van der Waals surface area contributed by atoms with Crippen molar-refractivity contribution < 1.29 is 0 Å². The Morgan fingerprint density at radius 3 is 2.52 bits per heavy atom. The summed E-state index contributed by atoms with van der Waals surface area (Å²) < 4.78 is 0. The number of hydrogen-bond donors (Lipinski definition) is 1. The summed E-state index contributed by atoms with van der Waals surface area (Å²) in [6, 6.07) is 14.5. The summed E-state index contributed by atoms with van der Waals surface area (Å²) >= 11 is 1.68. The van der Waals surface area contributed by atoms with Crippen molar-refractivity contribution in [3.63, 3.8) is 0 Å². The monoisotopic (exact) mass is 295 g/mol. The molecule has 0 amide bonds. The van der Waals surface area contributed by atoms with E-state index in [0.717, 1.165) is 27.6 Å². The van der Waals surface area contributed by atoms with Gasteiger partial charge in [-0.25, -0.2) is 4.98 Å². The highest BCUT2D eigenvalue weighted by atomic mass is 32.1. The molecule has 0 saturated heterocycles. The first-order valence-corrected chi connectivity index (χ1v) is 7.80. The lowest BCUT2D eigenvalue weighted by molar-refractivity contribution is 0.839. The van der Waals surface area contributed by atoms with Crippen LogP contribution in [0, 0.1) is 6.92 Å². The number of aromatic nitrogens is 2. The van der Waals surface area contributed by atoms with Crippen LogP contribution in [0.4, 0.5) is 5.69 Å². The highest BCUT2D eigenvalue weighted by molar-refractivity contribution is 7.09. The molecule has 106 valence electrons. The predicted octanol–water partition coefficient (Wildman–Crippen LogP) is 4.69. The van der Waals surface area contributed by atoms with Crippen LogP contribution in [-0.2, 0) is 0 Å². The molecular weight excluding hydrogens is 278 g/mol. The topological polar surface area (TPSA) is 37.8 Å². The summed E-state index contributed by atoms with van der Waals surface area (Å²) in [5.74, 6) is 0. The van der Waals surface area contributed by atoms with E-state index in [9.17, 15) is 0 Å². The van der Waals surface area contributed by atoms with Gasteiger partial charge in [-0.15, -0.1) is 11.3 Å². The summed E-state index contributed by atoms with van der Waals surface area (Å²) in [6.45, 7) is 4.14. The number of rotatable bonds is 4. The van der Waals surface area contributed by atoms with E-state index in [4.69, 9.17) is 0 Å². The van der Waals surface area contributed by atoms with Gasteiger partial charge in [0.1, 0.15) is 0 Å². The van der Waals surface area contributed by atoms with Crippen molar-refractivity contribution in [1.82, 2.24) is 9.97 Å². The van der Waals surface area contributed by atoms with Crippen LogP contribution in [0.5, 0.6) is 0 Å². The molecule has 21 heavy (non-hydrogen) atoms. The van der Waals surface area contributed by atoms with Crippen LogP contribution in [0.3, 0.4) is 0 Å². The Labute approximate surface area is 128 Å². The molecule has 3 nitrogen and oxygen atoms in total. The molecule has 3 rings (SSSR count). The quantitative estimate of drug-likeness (QED) is 0.759. The van der Waals surface area contributed by atoms with Crippen molar-refractivity contribution >= 4 is 17.0 Å². The zero-order valence-corrected chi connectivity index (χ0v) is 12.9. The molecule has 3 aromatic rings. The second kappa shape index (κ2) is 6.06. The standard InChI is InChI=1S/C17H17N3S/c1-12(16-5-3-4-10-18-16)19-15-8-6-14(7-9-15)17-11-21-13(2)20-17/h3-12,19H,1-2H3. The molecule has 0 bridgehead atoms. The average Bonchev–Trinajstić information content (AvgIpc) is 2.95. The molecule has 0 aliphatic carbocycles. The number of anilines is 1. The van der Waals surface area contributed by atoms with E-state index in [0.29, 0.717) is 0 Å². The summed E-state index contributed by atoms with van der Waals surface area (Å²) in [6.07, 6.45) is 1.82. The van der Waals surface area contributed by atoms with Crippen LogP contribution in [0.15, 0.2) is 54.0 Å². The first-order valence-electron chi connectivity index (χ1n) is 6.92. The third kappa shape index (κ3) is 3.28. The number of thiazole rings is 1. The van der Waals surface area contributed by atoms with E-state index >= 15 is 0 Å². The minimum absolute atomic E-state index is 0.179. The van der Waals surface area contributed by atoms with Gasteiger partial charge in [0.15, 0.2) is 0 Å². The molecule has 2 aromatic heterocycles. The Hall–Kier alpha value is -2.20. The third-order valence-electron chi connectivity index (χ3n) is 3.31. The van der Waals surface area contributed by atoms with Gasteiger partial charge in [0.25, 0.3) is 0 Å². The molecule has 1 N–H and O–H groups in total. The van der Waals surface area contributed by atoms with Gasteiger partial charge in [0.2, 0.25) is 0 Å². The Bertz CT molecular complexity index is 704. The van der Waals surface area contributed by atoms with E-state index in [1.807, 2.05) is 31.3 Å². The van der Waals surface area contributed by atoms with Gasteiger partial charge in [0.05, 0.1) is 22.4 Å². The minimum Gasteiger partial charge on any atom is -0.377 e. The zero-order valence-electron chi connectivity index (χ0n) is 12.1. The van der Waals surface area contributed by atoms with Gasteiger partial charge in [-0.2, -0.15) is 0 Å². The maximum atomic E-state index is 4.51. The maximum Gasteiger partial charge on any atom is 0.0901 e. The van der Waals surface area contributed by atoms with Crippen LogP contribution in [0.2, 0.25) is 0 Å². The van der Waals surface area contributed by atoms with Gasteiger partial charge < -0.3 is 5.32 Å². The fourth-order valence-corrected chi connectivity index (χ4v) is 2.81. The van der Waals surface area contributed by atoms with Gasteiger partial charge in [-0.3, -0.25) is 4.98 Å². The van der Waals surface area contributed by atoms with Crippen LogP contribution in [0.1, 0.15) is 23.7 Å². The molecule has 0 aliphatic rings. The van der Waals surface area contributed by atoms with Crippen molar-refractivity contribution in [3.05, 3.63) is 64.7 Å². The molecule has 1 aromatic carbocycles. The molecule has 1 unspecified atom stereocenters. The van der Waals surface area contributed by atoms with Crippen molar-refractivity contribution in [3.8, 4) is 11.3 Å². The molecule has 1 atom stereocenters. The Balaban J connectivity index is 1.73. The van der Waals surface area contributed by atoms with E-state index < -0.39 is 0 Å². The van der Waals surface area contributed by atoms with Gasteiger partial charge in [-0.05, 0) is 38.1 Å². The number of hydrogen-bond acceptors (Lipinski definition) is 4. The van der Waals surface area contributed by atoms with Crippen molar-refractivity contribution in [2.24, 2.45) is 0 Å². The molecule has 0 fully saturated rings. The summed E-state index contributed by atoms with van der Waals surface area (Å²) in [5.41, 5.74) is 4.32. The molecule has 0 radical (unpaired) electrons. The number of pyridine rings is 1. The lowest BCUT2D eigenvalue weighted by atomic mass is 10.1. The summed E-state index contributed by atoms with van der Waals surface area (Å²) in [4.78, 5) is 8.88. The van der Waals surface area contributed by atoms with E-state index in [-0.39, 0.29) is 6.04 Å². The second-order valence-electron chi connectivity index (χ2n) is 4.95. The molecule has 0 aliphatic heterocycles. The molecule has 2 heterocycles. The molecule has 0 saturated carbocycles. The first-order chi connectivity index (χ1) is 10.2. The van der Waals surface area contributed by atoms with E-state index in [1.165, 1.54) is 0 Å². The Morgan fingerprint density at radius 2 is 1.90 bits per heavy atom. The van der Waals surface area contributed by atoms with Crippen LogP contribution in [-0.4, -0.2) is 9.97 Å². The summed E-state index contributed by atoms with van der Waals surface area (Å²) in [5, 5.41) is 6.65. The fourth-order valence-electron chi connectivity index (χ4n) is 2.19. The molecular formula is C17H17N3S. The van der Waals surface area contributed by atoms with Gasteiger partial charge >= 0.3 is 0 Å². The van der Waals surface area contributed by atoms with Crippen molar-refractivity contribution in [2.75, 3.05) is 5.32 Å². The van der Waals surface area contributed by atoms with Crippen LogP contribution in [0.25, 0.3) is 11.3 Å². The second-order valence-corrected chi connectivity index (χ2v) is 6.01. The largest absolute Gasteiger partial charge is 0.377 e. The number of benzene rings is 1. The maximum absolute atomic E-state index is 4.51. The van der Waals surface area contributed by atoms with E-state index in [2.05, 4.69) is 51.9 Å². The highest BCUT2D eigenvalue weighted by Crippen LogP contribution is 2.24. The Kier molecular flexibility index (Phi) is 3.97. The highest BCUT2D eigenvalue weighted by Gasteiger charge is 2.06. The molecule has 0 spiro atoms. The van der Waals surface area contributed by atoms with Crippen LogP contribution < -0.4 is 5.32 Å². The zero-order chi connectivity index (χ0) is 14.7. The first kappa shape index (κ1) is 13.8. The number of nitrogens with zero attached hydrogens (tertiary/aromatic N) is 2. The van der Waals surface area contributed by atoms with Gasteiger partial charge in [0, 0.05) is 22.8 Å². The lowest BCUT2D eigenvalue weighted by Crippen LogP contribution is -2.07. The average molecular weight is 295 g/mol. The lowest BCUT2D eigenvalue weighted by Gasteiger charge is -2.14. The van der Waals surface area contributed by atoms with Crippen LogP contribution >= 0.6 is 11.3 Å². The fraction of sp³-hybridized carbons (Fsp3) is 0.176. The number of aryl methyl sites for hydroxylation is 1. The molecule has 4 heteroatoms. The third-order valence-corrected chi connectivity index (χ3v) is 4.09. The Morgan fingerprint density at radius 1 is 1.10 bits per heavy atom. The van der Waals surface area contributed by atoms with E-state index in [1.54, 1.807) is 11.3 Å².